The minimum absolute atomic E-state index is 0. The number of rotatable bonds is 0. The molecule has 1 fully saturated rings. The van der Waals surface area contributed by atoms with Crippen molar-refractivity contribution in [3.05, 3.63) is 35.4 Å². The van der Waals surface area contributed by atoms with Crippen LogP contribution in [0.5, 0.6) is 0 Å². The Morgan fingerprint density at radius 2 is 2.12 bits per heavy atom. The number of dihydropyridines is 1. The summed E-state index contributed by atoms with van der Waals surface area (Å²) >= 11 is 0. The van der Waals surface area contributed by atoms with Gasteiger partial charge in [-0.25, -0.2) is 9.69 Å². The second-order valence-corrected chi connectivity index (χ2v) is 6.33. The Morgan fingerprint density at radius 3 is 2.69 bits per heavy atom. The number of urea groups is 1. The third-order valence-electron chi connectivity index (χ3n) is 4.63. The number of hydrogen-bond acceptors (Lipinski definition) is 4. The van der Waals surface area contributed by atoms with Crippen molar-refractivity contribution in [2.24, 2.45) is 11.7 Å². The minimum Gasteiger partial charge on any atom is -0.366 e. The Hall–Kier alpha value is -1.87. The first-order valence-corrected chi connectivity index (χ1v) is 8.33. The van der Waals surface area contributed by atoms with E-state index in [1.165, 1.54) is 0 Å². The molecule has 2 amide bonds. The molecule has 0 aromatic heterocycles. The molecular formula is C16H23ClF3N5O. The molecule has 26 heavy (non-hydrogen) atoms. The highest BCUT2D eigenvalue weighted by atomic mass is 35.5. The molecule has 0 aliphatic carbocycles. The number of hydrogen-bond donors (Lipinski definition) is 3. The summed E-state index contributed by atoms with van der Waals surface area (Å²) in [7, 11) is 0. The first-order chi connectivity index (χ1) is 11.9. The molecule has 0 aromatic carbocycles. The molecule has 1 unspecified atom stereocenters. The maximum absolute atomic E-state index is 11.7. The van der Waals surface area contributed by atoms with E-state index in [0.29, 0.717) is 6.54 Å². The van der Waals surface area contributed by atoms with E-state index >= 15 is 0 Å². The van der Waals surface area contributed by atoms with E-state index in [4.69, 9.17) is 5.73 Å². The number of nitrogens with two attached hydrogens (primary N) is 1. The lowest BCUT2D eigenvalue weighted by atomic mass is 10.1. The average Bonchev–Trinajstić information content (AvgIpc) is 3.10. The number of amides is 2. The van der Waals surface area contributed by atoms with E-state index in [9.17, 15) is 18.0 Å². The van der Waals surface area contributed by atoms with Gasteiger partial charge in [-0.15, -0.1) is 12.4 Å². The molecule has 1 saturated heterocycles. The first-order valence-electron chi connectivity index (χ1n) is 8.33. The quantitative estimate of drug-likeness (QED) is 0.587. The molecule has 1 atom stereocenters. The number of halogens is 4. The summed E-state index contributed by atoms with van der Waals surface area (Å²) in [5, 5.41) is 5.88. The Kier molecular flexibility index (Phi) is 6.46. The Bertz CT molecular complexity index is 626. The van der Waals surface area contributed by atoms with Crippen molar-refractivity contribution >= 4 is 18.4 Å². The van der Waals surface area contributed by atoms with Crippen LogP contribution in [-0.2, 0) is 0 Å². The van der Waals surface area contributed by atoms with Crippen LogP contribution in [0.3, 0.4) is 0 Å². The van der Waals surface area contributed by atoms with Gasteiger partial charge in [0.15, 0.2) is 0 Å². The minimum atomic E-state index is -3.98. The number of nitrogens with zero attached hydrogens (tertiary/aromatic N) is 2. The van der Waals surface area contributed by atoms with E-state index in [1.54, 1.807) is 4.90 Å². The van der Waals surface area contributed by atoms with Gasteiger partial charge in [0, 0.05) is 25.3 Å². The summed E-state index contributed by atoms with van der Waals surface area (Å²) in [5.74, 6) is -0.273. The molecule has 10 heteroatoms. The zero-order chi connectivity index (χ0) is 18.0. The van der Waals surface area contributed by atoms with Gasteiger partial charge in [-0.2, -0.15) is 13.2 Å². The maximum Gasteiger partial charge on any atom is 0.393 e. The predicted octanol–water partition coefficient (Wildman–Crippen LogP) is 1.88. The summed E-state index contributed by atoms with van der Waals surface area (Å²) in [5.41, 5.74) is 7.50. The van der Waals surface area contributed by atoms with Gasteiger partial charge in [-0.05, 0) is 25.5 Å². The second kappa shape index (κ2) is 8.22. The van der Waals surface area contributed by atoms with E-state index in [-0.39, 0.29) is 25.4 Å². The number of nitrogens with one attached hydrogen (secondary N) is 2. The molecule has 4 heterocycles. The number of primary amides is 1. The van der Waals surface area contributed by atoms with Crippen LogP contribution in [0.25, 0.3) is 0 Å². The van der Waals surface area contributed by atoms with Gasteiger partial charge < -0.3 is 21.3 Å². The van der Waals surface area contributed by atoms with Crippen LogP contribution in [0, 0.1) is 5.92 Å². The summed E-state index contributed by atoms with van der Waals surface area (Å²) in [6, 6.07) is -0.414. The molecule has 4 aliphatic heterocycles. The smallest absolute Gasteiger partial charge is 0.366 e. The number of alkyl halides is 3. The molecule has 0 saturated carbocycles. The monoisotopic (exact) mass is 393 g/mol. The van der Waals surface area contributed by atoms with E-state index in [0.717, 1.165) is 43.3 Å². The van der Waals surface area contributed by atoms with Crippen LogP contribution in [0.4, 0.5) is 18.0 Å². The molecule has 6 nitrogen and oxygen atoms in total. The Labute approximate surface area is 156 Å². The van der Waals surface area contributed by atoms with Crippen molar-refractivity contribution in [3.63, 3.8) is 0 Å². The zero-order valence-electron chi connectivity index (χ0n) is 14.2. The zero-order valence-corrected chi connectivity index (χ0v) is 15.0. The predicted molar refractivity (Wildman–Crippen MR) is 94.1 cm³/mol. The Morgan fingerprint density at radius 1 is 1.35 bits per heavy atom. The molecule has 4 rings (SSSR count). The fourth-order valence-corrected chi connectivity index (χ4v) is 3.37. The van der Waals surface area contributed by atoms with Crippen LogP contribution in [0.2, 0.25) is 0 Å². The number of allylic oxidation sites excluding steroid dienone is 1. The third kappa shape index (κ3) is 4.27. The lowest BCUT2D eigenvalue weighted by Gasteiger charge is -2.43. The molecule has 146 valence electrons. The topological polar surface area (TPSA) is 73.6 Å². The summed E-state index contributed by atoms with van der Waals surface area (Å²) in [4.78, 5) is 15.4. The molecule has 2 bridgehead atoms. The molecule has 0 radical (unpaired) electrons. The number of fused-ring (bicyclic) bond motifs is 3. The van der Waals surface area contributed by atoms with Crippen LogP contribution < -0.4 is 16.4 Å². The standard InChI is InChI=1S/C11H14N4O.C5H8F3N.ClH/c12-11(16)15-8-3-2-6-14(7-8)9-4-1-5-13-10(9)15;6-5(7,8)4-1-2-9-3-4;/h1,3-4,13H,2,5-7H2,(H2,12,16);4,9H,1-3H2;1H. The molecular weight excluding hydrogens is 371 g/mol. The highest BCUT2D eigenvalue weighted by Gasteiger charge is 2.40. The van der Waals surface area contributed by atoms with Gasteiger partial charge >= 0.3 is 12.2 Å². The van der Waals surface area contributed by atoms with Crippen molar-refractivity contribution in [3.8, 4) is 0 Å². The van der Waals surface area contributed by atoms with Crippen molar-refractivity contribution in [2.75, 3.05) is 32.7 Å². The number of carbonyl (C=O) groups is 1. The lowest BCUT2D eigenvalue weighted by Crippen LogP contribution is -2.51. The van der Waals surface area contributed by atoms with Crippen molar-refractivity contribution in [1.29, 1.82) is 0 Å². The van der Waals surface area contributed by atoms with E-state index in [2.05, 4.69) is 33.8 Å². The average molecular weight is 394 g/mol. The van der Waals surface area contributed by atoms with Crippen LogP contribution in [-0.4, -0.2) is 54.7 Å². The third-order valence-corrected chi connectivity index (χ3v) is 4.63. The van der Waals surface area contributed by atoms with Crippen LogP contribution >= 0.6 is 12.4 Å². The van der Waals surface area contributed by atoms with Gasteiger partial charge in [0.25, 0.3) is 0 Å². The Balaban J connectivity index is 0.000000210. The van der Waals surface area contributed by atoms with Crippen LogP contribution in [0.15, 0.2) is 35.4 Å². The van der Waals surface area contributed by atoms with Crippen LogP contribution in [0.1, 0.15) is 12.8 Å². The summed E-state index contributed by atoms with van der Waals surface area (Å²) in [6.07, 6.45) is 3.42. The lowest BCUT2D eigenvalue weighted by molar-refractivity contribution is -0.168. The van der Waals surface area contributed by atoms with E-state index in [1.807, 2.05) is 0 Å². The molecule has 0 spiro atoms. The molecule has 4 N–H and O–H groups in total. The van der Waals surface area contributed by atoms with Crippen molar-refractivity contribution in [1.82, 2.24) is 20.4 Å². The van der Waals surface area contributed by atoms with Gasteiger partial charge in [-0.3, -0.25) is 0 Å². The summed E-state index contributed by atoms with van der Waals surface area (Å²) < 4.78 is 35.2. The SMILES string of the molecule is Cl.FC(F)(F)C1CCNC1.NC(=O)N1C2=CCCN(C2)C2=C1NCC=C2. The highest BCUT2D eigenvalue weighted by Crippen LogP contribution is 2.31. The molecule has 4 aliphatic rings. The normalized spacial score (nSPS) is 24.0. The molecule has 0 aromatic rings. The van der Waals surface area contributed by atoms with Crippen molar-refractivity contribution in [2.45, 2.75) is 19.0 Å². The van der Waals surface area contributed by atoms with Gasteiger partial charge in [0.1, 0.15) is 5.82 Å². The van der Waals surface area contributed by atoms with Gasteiger partial charge in [0.05, 0.1) is 18.2 Å². The maximum atomic E-state index is 11.7. The largest absolute Gasteiger partial charge is 0.393 e. The summed E-state index contributed by atoms with van der Waals surface area (Å²) in [6.45, 7) is 3.12. The fourth-order valence-electron chi connectivity index (χ4n) is 3.37. The fraction of sp³-hybridized carbons (Fsp3) is 0.562. The van der Waals surface area contributed by atoms with Gasteiger partial charge in [-0.1, -0.05) is 12.2 Å². The second-order valence-electron chi connectivity index (χ2n) is 6.33. The number of carbonyl (C=O) groups excluding carboxylic acids is 1. The van der Waals surface area contributed by atoms with Gasteiger partial charge in [0.2, 0.25) is 0 Å². The van der Waals surface area contributed by atoms with Crippen molar-refractivity contribution < 1.29 is 18.0 Å². The highest BCUT2D eigenvalue weighted by molar-refractivity contribution is 5.85. The first kappa shape index (κ1) is 20.4. The van der Waals surface area contributed by atoms with E-state index < -0.39 is 18.1 Å².